The summed E-state index contributed by atoms with van der Waals surface area (Å²) < 4.78 is 39.2. The molecule has 3 N–H and O–H groups in total. The van der Waals surface area contributed by atoms with Gasteiger partial charge >= 0.3 is 6.18 Å². The average Bonchev–Trinajstić information content (AvgIpc) is 2.57. The highest BCUT2D eigenvalue weighted by Gasteiger charge is 2.35. The molecule has 0 fully saturated rings. The summed E-state index contributed by atoms with van der Waals surface area (Å²) >= 11 is 0. The summed E-state index contributed by atoms with van der Waals surface area (Å²) in [4.78, 5) is 18.4. The summed E-state index contributed by atoms with van der Waals surface area (Å²) in [5.74, 6) is -0.506. The lowest BCUT2D eigenvalue weighted by Crippen LogP contribution is -2.27. The highest BCUT2D eigenvalue weighted by Crippen LogP contribution is 2.33. The molecule has 0 atom stereocenters. The molecule has 0 saturated heterocycles. The van der Waals surface area contributed by atoms with Crippen molar-refractivity contribution in [3.8, 4) is 0 Å². The number of anilines is 2. The minimum absolute atomic E-state index is 0.0823. The quantitative estimate of drug-likeness (QED) is 0.667. The summed E-state index contributed by atoms with van der Waals surface area (Å²) in [6, 6.07) is 9.35. The van der Waals surface area contributed by atoms with Crippen LogP contribution < -0.4 is 16.0 Å². The van der Waals surface area contributed by atoms with Crippen molar-refractivity contribution in [3.63, 3.8) is 0 Å². The molecule has 0 radical (unpaired) electrons. The van der Waals surface area contributed by atoms with E-state index in [4.69, 9.17) is 0 Å². The molecule has 1 aromatic carbocycles. The third-order valence-corrected chi connectivity index (χ3v) is 3.18. The van der Waals surface area contributed by atoms with E-state index in [1.165, 1.54) is 6.92 Å². The highest BCUT2D eigenvalue weighted by atomic mass is 19.4. The van der Waals surface area contributed by atoms with Gasteiger partial charge in [0, 0.05) is 32.8 Å². The van der Waals surface area contributed by atoms with Crippen LogP contribution in [-0.2, 0) is 17.5 Å². The van der Waals surface area contributed by atoms with Crippen molar-refractivity contribution in [2.24, 2.45) is 0 Å². The van der Waals surface area contributed by atoms with Gasteiger partial charge in [0.25, 0.3) is 0 Å². The fourth-order valence-corrected chi connectivity index (χ4v) is 2.01. The van der Waals surface area contributed by atoms with Gasteiger partial charge in [-0.25, -0.2) is 4.98 Å². The van der Waals surface area contributed by atoms with Gasteiger partial charge in [-0.15, -0.1) is 0 Å². The van der Waals surface area contributed by atoms with Crippen LogP contribution in [0.5, 0.6) is 0 Å². The highest BCUT2D eigenvalue weighted by molar-refractivity contribution is 5.72. The molecule has 6 nitrogen and oxygen atoms in total. The Kier molecular flexibility index (Phi) is 6.15. The maximum Gasteiger partial charge on any atom is 0.421 e. The zero-order valence-electron chi connectivity index (χ0n) is 13.5. The summed E-state index contributed by atoms with van der Waals surface area (Å²) in [6.45, 7) is 2.01. The van der Waals surface area contributed by atoms with Crippen molar-refractivity contribution in [3.05, 3.63) is 47.7 Å². The molecular weight excluding hydrogens is 335 g/mol. The molecule has 9 heteroatoms. The van der Waals surface area contributed by atoms with Gasteiger partial charge in [0.05, 0.1) is 0 Å². The van der Waals surface area contributed by atoms with Gasteiger partial charge in [-0.05, 0) is 5.56 Å². The second kappa shape index (κ2) is 8.32. The van der Waals surface area contributed by atoms with E-state index in [0.29, 0.717) is 6.54 Å². The predicted molar refractivity (Wildman–Crippen MR) is 88.0 cm³/mol. The number of hydrogen-bond donors (Lipinski definition) is 3. The fraction of sp³-hybridized carbons (Fsp3) is 0.312. The number of rotatable bonds is 7. The van der Waals surface area contributed by atoms with Crippen LogP contribution in [0.3, 0.4) is 0 Å². The van der Waals surface area contributed by atoms with Gasteiger partial charge in [0.1, 0.15) is 11.4 Å². The zero-order chi connectivity index (χ0) is 18.3. The van der Waals surface area contributed by atoms with Crippen LogP contribution in [-0.4, -0.2) is 29.0 Å². The molecule has 0 unspecified atom stereocenters. The maximum atomic E-state index is 13.1. The van der Waals surface area contributed by atoms with Gasteiger partial charge in [-0.2, -0.15) is 18.2 Å². The van der Waals surface area contributed by atoms with Crippen LogP contribution in [0.1, 0.15) is 18.1 Å². The fourth-order valence-electron chi connectivity index (χ4n) is 2.01. The number of benzene rings is 1. The summed E-state index contributed by atoms with van der Waals surface area (Å²) in [6.07, 6.45) is -3.84. The van der Waals surface area contributed by atoms with Crippen LogP contribution in [0.25, 0.3) is 0 Å². The lowest BCUT2D eigenvalue weighted by molar-refractivity contribution is -0.137. The Morgan fingerprint density at radius 3 is 2.48 bits per heavy atom. The number of nitrogens with zero attached hydrogens (tertiary/aromatic N) is 2. The van der Waals surface area contributed by atoms with Crippen molar-refractivity contribution in [1.82, 2.24) is 15.3 Å². The van der Waals surface area contributed by atoms with Crippen molar-refractivity contribution < 1.29 is 18.0 Å². The molecule has 0 aliphatic carbocycles. The first-order valence-electron chi connectivity index (χ1n) is 7.56. The Morgan fingerprint density at radius 2 is 1.84 bits per heavy atom. The Hall–Kier alpha value is -2.84. The lowest BCUT2D eigenvalue weighted by atomic mass is 10.2. The first-order chi connectivity index (χ1) is 11.9. The molecule has 0 spiro atoms. The van der Waals surface area contributed by atoms with E-state index < -0.39 is 11.7 Å². The molecule has 0 aliphatic rings. The Balaban J connectivity index is 2.08. The number of carbonyl (C=O) groups excluding carboxylic acids is 1. The number of amides is 1. The van der Waals surface area contributed by atoms with Crippen molar-refractivity contribution >= 4 is 17.7 Å². The predicted octanol–water partition coefficient (Wildman–Crippen LogP) is 2.66. The number of carbonyl (C=O) groups is 1. The smallest absolute Gasteiger partial charge is 0.368 e. The first kappa shape index (κ1) is 18.5. The van der Waals surface area contributed by atoms with Crippen LogP contribution >= 0.6 is 0 Å². The largest absolute Gasteiger partial charge is 0.421 e. The molecule has 25 heavy (non-hydrogen) atoms. The van der Waals surface area contributed by atoms with Crippen LogP contribution in [0, 0.1) is 0 Å². The second-order valence-corrected chi connectivity index (χ2v) is 5.20. The van der Waals surface area contributed by atoms with Gasteiger partial charge in [0.15, 0.2) is 0 Å². The maximum absolute atomic E-state index is 13.1. The normalized spacial score (nSPS) is 11.0. The molecule has 1 heterocycles. The van der Waals surface area contributed by atoms with Gasteiger partial charge in [-0.3, -0.25) is 4.79 Å². The first-order valence-corrected chi connectivity index (χ1v) is 7.56. The monoisotopic (exact) mass is 353 g/mol. The Bertz CT molecular complexity index is 707. The number of hydrogen-bond acceptors (Lipinski definition) is 5. The van der Waals surface area contributed by atoms with Gasteiger partial charge in [0.2, 0.25) is 11.9 Å². The minimum atomic E-state index is -4.58. The van der Waals surface area contributed by atoms with E-state index in [1.54, 1.807) is 0 Å². The van der Waals surface area contributed by atoms with Crippen molar-refractivity contribution in [1.29, 1.82) is 0 Å². The van der Waals surface area contributed by atoms with E-state index in [-0.39, 0.29) is 30.8 Å². The topological polar surface area (TPSA) is 78.9 Å². The van der Waals surface area contributed by atoms with Crippen LogP contribution in [0.15, 0.2) is 36.5 Å². The van der Waals surface area contributed by atoms with Crippen molar-refractivity contribution in [2.75, 3.05) is 23.7 Å². The van der Waals surface area contributed by atoms with E-state index in [2.05, 4.69) is 25.9 Å². The number of halogens is 3. The molecule has 134 valence electrons. The van der Waals surface area contributed by atoms with Gasteiger partial charge < -0.3 is 16.0 Å². The van der Waals surface area contributed by atoms with E-state index in [0.717, 1.165) is 11.8 Å². The lowest BCUT2D eigenvalue weighted by Gasteiger charge is -2.15. The summed E-state index contributed by atoms with van der Waals surface area (Å²) in [5, 5.41) is 7.97. The molecule has 2 rings (SSSR count). The van der Waals surface area contributed by atoms with E-state index >= 15 is 0 Å². The molecule has 1 aromatic heterocycles. The van der Waals surface area contributed by atoms with Gasteiger partial charge in [-0.1, -0.05) is 30.3 Å². The molecule has 2 aromatic rings. The van der Waals surface area contributed by atoms with Crippen molar-refractivity contribution in [2.45, 2.75) is 19.6 Å². The van der Waals surface area contributed by atoms with Crippen LogP contribution in [0.4, 0.5) is 24.9 Å². The third-order valence-electron chi connectivity index (χ3n) is 3.18. The number of aromatic nitrogens is 2. The van der Waals surface area contributed by atoms with Crippen LogP contribution in [0.2, 0.25) is 0 Å². The minimum Gasteiger partial charge on any atom is -0.368 e. The average molecular weight is 353 g/mol. The third kappa shape index (κ3) is 5.94. The number of alkyl halides is 3. The standard InChI is InChI=1S/C16H18F3N5O/c1-11(25)20-7-8-21-14-13(16(17,18)19)10-23-15(24-14)22-9-12-5-3-2-4-6-12/h2-6,10H,7-9H2,1H3,(H,20,25)(H2,21,22,23,24). The second-order valence-electron chi connectivity index (χ2n) is 5.20. The number of nitrogens with one attached hydrogen (secondary N) is 3. The molecular formula is C16H18F3N5O. The zero-order valence-corrected chi connectivity index (χ0v) is 13.5. The van der Waals surface area contributed by atoms with E-state index in [9.17, 15) is 18.0 Å². The summed E-state index contributed by atoms with van der Waals surface area (Å²) in [7, 11) is 0. The molecule has 0 saturated carbocycles. The molecule has 0 bridgehead atoms. The SMILES string of the molecule is CC(=O)NCCNc1nc(NCc2ccccc2)ncc1C(F)(F)F. The molecule has 0 aliphatic heterocycles. The Morgan fingerprint density at radius 1 is 1.12 bits per heavy atom. The van der Waals surface area contributed by atoms with E-state index in [1.807, 2.05) is 30.3 Å². The summed E-state index contributed by atoms with van der Waals surface area (Å²) in [5.41, 5.74) is -0.00764. The molecule has 1 amide bonds. The Labute approximate surface area is 142 Å².